The van der Waals surface area contributed by atoms with E-state index in [4.69, 9.17) is 16.3 Å². The molecule has 5 nitrogen and oxygen atoms in total. The maximum atomic E-state index is 11.8. The summed E-state index contributed by atoms with van der Waals surface area (Å²) in [6.07, 6.45) is 2.94. The van der Waals surface area contributed by atoms with Gasteiger partial charge in [-0.3, -0.25) is 14.3 Å². The molecule has 1 aromatic rings. The molecule has 0 aromatic carbocycles. The lowest BCUT2D eigenvalue weighted by atomic mass is 10.2. The van der Waals surface area contributed by atoms with Crippen molar-refractivity contribution in [2.24, 2.45) is 0 Å². The summed E-state index contributed by atoms with van der Waals surface area (Å²) in [6.45, 7) is 0. The molecule has 19 heavy (non-hydrogen) atoms. The third kappa shape index (κ3) is 3.21. The molecule has 1 aliphatic rings. The van der Waals surface area contributed by atoms with Crippen molar-refractivity contribution < 1.29 is 4.74 Å². The zero-order valence-corrected chi connectivity index (χ0v) is 13.6. The fourth-order valence-electron chi connectivity index (χ4n) is 1.90. The lowest BCUT2D eigenvalue weighted by Crippen LogP contribution is -2.33. The molecule has 0 bridgehead atoms. The van der Waals surface area contributed by atoms with Crippen LogP contribution >= 0.6 is 43.5 Å². The summed E-state index contributed by atoms with van der Waals surface area (Å²) >= 11 is 12.6. The standard InChI is InChI=1S/C11H11Br2ClN2O3/c12-2-1-6-5-16(11(18)15-10(6)17)9-3-7(14)8(4-13)19-9/h1-2,5,7-9H,3-4H2,(H,15,17,18)/t7-,8+,9+/m0/s1. The molecule has 0 saturated carbocycles. The second kappa shape index (κ2) is 6.39. The van der Waals surface area contributed by atoms with E-state index >= 15 is 0 Å². The van der Waals surface area contributed by atoms with Crippen LogP contribution in [0.1, 0.15) is 18.2 Å². The lowest BCUT2D eigenvalue weighted by Gasteiger charge is -2.14. The second-order valence-electron chi connectivity index (χ2n) is 4.08. The highest BCUT2D eigenvalue weighted by Gasteiger charge is 2.34. The van der Waals surface area contributed by atoms with E-state index < -0.39 is 17.5 Å². The van der Waals surface area contributed by atoms with E-state index in [1.54, 1.807) is 11.1 Å². The number of aromatic amines is 1. The van der Waals surface area contributed by atoms with Crippen LogP contribution in [0.2, 0.25) is 0 Å². The Morgan fingerprint density at radius 2 is 2.32 bits per heavy atom. The van der Waals surface area contributed by atoms with Crippen LogP contribution in [0.3, 0.4) is 0 Å². The molecular weight excluding hydrogens is 403 g/mol. The van der Waals surface area contributed by atoms with Gasteiger partial charge in [-0.1, -0.05) is 31.9 Å². The van der Waals surface area contributed by atoms with Crippen molar-refractivity contribution in [1.82, 2.24) is 9.55 Å². The molecule has 0 unspecified atom stereocenters. The van der Waals surface area contributed by atoms with Crippen LogP contribution < -0.4 is 11.2 Å². The molecule has 8 heteroatoms. The fourth-order valence-corrected chi connectivity index (χ4v) is 3.31. The predicted molar refractivity (Wildman–Crippen MR) is 81.2 cm³/mol. The third-order valence-electron chi connectivity index (χ3n) is 2.86. The molecule has 1 aromatic heterocycles. The van der Waals surface area contributed by atoms with Gasteiger partial charge in [-0.25, -0.2) is 4.79 Å². The Bertz CT molecular complexity index is 598. The molecule has 0 spiro atoms. The normalized spacial score (nSPS) is 27.2. The first kappa shape index (κ1) is 15.0. The zero-order valence-electron chi connectivity index (χ0n) is 9.68. The number of hydrogen-bond acceptors (Lipinski definition) is 3. The van der Waals surface area contributed by atoms with Crippen LogP contribution in [0.4, 0.5) is 0 Å². The summed E-state index contributed by atoms with van der Waals surface area (Å²) < 4.78 is 7.05. The van der Waals surface area contributed by atoms with Crippen molar-refractivity contribution in [3.8, 4) is 0 Å². The summed E-state index contributed by atoms with van der Waals surface area (Å²) in [4.78, 5) is 27.2. The summed E-state index contributed by atoms with van der Waals surface area (Å²) in [5, 5.41) is 0.433. The molecule has 1 aliphatic heterocycles. The minimum Gasteiger partial charge on any atom is -0.352 e. The van der Waals surface area contributed by atoms with Gasteiger partial charge in [0, 0.05) is 17.9 Å². The van der Waals surface area contributed by atoms with Gasteiger partial charge >= 0.3 is 5.69 Å². The average molecular weight is 414 g/mol. The number of H-pyrrole nitrogens is 1. The number of halogens is 3. The minimum absolute atomic E-state index is 0.152. The van der Waals surface area contributed by atoms with Gasteiger partial charge in [0.25, 0.3) is 5.56 Å². The summed E-state index contributed by atoms with van der Waals surface area (Å²) in [5.74, 6) is 0. The van der Waals surface area contributed by atoms with Gasteiger partial charge < -0.3 is 4.74 Å². The Labute approximate surface area is 130 Å². The van der Waals surface area contributed by atoms with Crippen LogP contribution in [-0.2, 0) is 4.74 Å². The number of hydrogen-bond donors (Lipinski definition) is 1. The summed E-state index contributed by atoms with van der Waals surface area (Å²) in [5.41, 5.74) is -0.566. The smallest absolute Gasteiger partial charge is 0.330 e. The van der Waals surface area contributed by atoms with Crippen LogP contribution in [-0.4, -0.2) is 26.4 Å². The molecule has 3 atom stereocenters. The van der Waals surface area contributed by atoms with Gasteiger partial charge in [-0.15, -0.1) is 11.6 Å². The van der Waals surface area contributed by atoms with Crippen LogP contribution in [0.5, 0.6) is 0 Å². The summed E-state index contributed by atoms with van der Waals surface area (Å²) in [7, 11) is 0. The molecule has 0 radical (unpaired) electrons. The van der Waals surface area contributed by atoms with Crippen molar-refractivity contribution in [2.75, 3.05) is 5.33 Å². The fraction of sp³-hybridized carbons (Fsp3) is 0.455. The predicted octanol–water partition coefficient (Wildman–Crippen LogP) is 2.19. The largest absolute Gasteiger partial charge is 0.352 e. The Kier molecular flexibility index (Phi) is 5.05. The SMILES string of the molecule is O=c1[nH]c(=O)n([C@H]2C[C@H](Cl)[C@@H](CBr)O2)cc1C=CBr. The van der Waals surface area contributed by atoms with E-state index in [0.29, 0.717) is 17.3 Å². The Balaban J connectivity index is 2.38. The Morgan fingerprint density at radius 3 is 2.89 bits per heavy atom. The topological polar surface area (TPSA) is 64.1 Å². The van der Waals surface area contributed by atoms with E-state index in [2.05, 4.69) is 36.8 Å². The summed E-state index contributed by atoms with van der Waals surface area (Å²) in [6, 6.07) is 0. The van der Waals surface area contributed by atoms with Gasteiger partial charge in [0.15, 0.2) is 0 Å². The van der Waals surface area contributed by atoms with Crippen LogP contribution in [0, 0.1) is 0 Å². The zero-order chi connectivity index (χ0) is 14.0. The van der Waals surface area contributed by atoms with Crippen molar-refractivity contribution in [1.29, 1.82) is 0 Å². The third-order valence-corrected chi connectivity index (χ3v) is 4.22. The highest BCUT2D eigenvalue weighted by molar-refractivity contribution is 9.11. The van der Waals surface area contributed by atoms with Gasteiger partial charge in [0.05, 0.1) is 17.0 Å². The number of rotatable bonds is 3. The highest BCUT2D eigenvalue weighted by Crippen LogP contribution is 2.32. The molecule has 1 fully saturated rings. The Hall–Kier alpha value is -0.370. The number of alkyl halides is 2. The van der Waals surface area contributed by atoms with E-state index in [0.717, 1.165) is 0 Å². The lowest BCUT2D eigenvalue weighted by molar-refractivity contribution is 0.0109. The maximum absolute atomic E-state index is 11.8. The van der Waals surface area contributed by atoms with Crippen molar-refractivity contribution in [3.05, 3.63) is 37.6 Å². The van der Waals surface area contributed by atoms with E-state index in [1.807, 2.05) is 0 Å². The first-order valence-electron chi connectivity index (χ1n) is 5.54. The molecule has 1 saturated heterocycles. The molecule has 2 heterocycles. The number of ether oxygens (including phenoxy) is 1. The van der Waals surface area contributed by atoms with E-state index in [1.165, 1.54) is 10.8 Å². The van der Waals surface area contributed by atoms with Gasteiger partial charge in [0.1, 0.15) is 6.23 Å². The first-order chi connectivity index (χ1) is 9.06. The van der Waals surface area contributed by atoms with Crippen LogP contribution in [0.25, 0.3) is 6.08 Å². The van der Waals surface area contributed by atoms with E-state index in [9.17, 15) is 9.59 Å². The van der Waals surface area contributed by atoms with Crippen molar-refractivity contribution in [2.45, 2.75) is 24.1 Å². The number of aromatic nitrogens is 2. The minimum atomic E-state index is -0.499. The molecular formula is C11H11Br2ClN2O3. The molecule has 0 amide bonds. The Morgan fingerprint density at radius 1 is 1.58 bits per heavy atom. The quantitative estimate of drug-likeness (QED) is 0.772. The van der Waals surface area contributed by atoms with Crippen LogP contribution in [0.15, 0.2) is 20.8 Å². The highest BCUT2D eigenvalue weighted by atomic mass is 79.9. The molecule has 1 N–H and O–H groups in total. The average Bonchev–Trinajstić information content (AvgIpc) is 2.74. The van der Waals surface area contributed by atoms with Gasteiger partial charge in [0.2, 0.25) is 0 Å². The molecule has 0 aliphatic carbocycles. The van der Waals surface area contributed by atoms with Crippen molar-refractivity contribution in [3.63, 3.8) is 0 Å². The monoisotopic (exact) mass is 412 g/mol. The van der Waals surface area contributed by atoms with Gasteiger partial charge in [-0.2, -0.15) is 0 Å². The van der Waals surface area contributed by atoms with Crippen molar-refractivity contribution >= 4 is 49.5 Å². The molecule has 2 rings (SSSR count). The molecule has 104 valence electrons. The first-order valence-corrected chi connectivity index (χ1v) is 8.02. The maximum Gasteiger partial charge on any atom is 0.330 e. The number of nitrogens with zero attached hydrogens (tertiary/aromatic N) is 1. The number of nitrogens with one attached hydrogen (secondary N) is 1. The second-order valence-corrected chi connectivity index (χ2v) is 5.82. The van der Waals surface area contributed by atoms with Gasteiger partial charge in [-0.05, 0) is 11.1 Å². The van der Waals surface area contributed by atoms with E-state index in [-0.39, 0.29) is 11.5 Å².